The van der Waals surface area contributed by atoms with Crippen LogP contribution >= 0.6 is 0 Å². The van der Waals surface area contributed by atoms with E-state index >= 15 is 0 Å². The van der Waals surface area contributed by atoms with Crippen LogP contribution < -0.4 is 0 Å². The summed E-state index contributed by atoms with van der Waals surface area (Å²) in [5, 5.41) is 0. The van der Waals surface area contributed by atoms with Crippen LogP contribution in [-0.4, -0.2) is 48.9 Å². The standard InChI is InChI=1S/C18H25FN2O3S/c1-2-25(23,24)20-11-8-14(9-12-20)18(22)21-10-4-7-17(21)15-5-3-6-16(19)13-15/h3,5-6,13-14,17H,2,4,7-12H2,1H3/t17-/m0/s1. The molecule has 2 aliphatic heterocycles. The Morgan fingerprint density at radius 3 is 2.56 bits per heavy atom. The number of rotatable bonds is 4. The third kappa shape index (κ3) is 3.87. The topological polar surface area (TPSA) is 57.7 Å². The molecule has 1 aromatic rings. The van der Waals surface area contributed by atoms with Gasteiger partial charge in [0.05, 0.1) is 11.8 Å². The Balaban J connectivity index is 1.67. The Hall–Kier alpha value is -1.47. The molecule has 0 unspecified atom stereocenters. The van der Waals surface area contributed by atoms with Gasteiger partial charge < -0.3 is 4.90 Å². The van der Waals surface area contributed by atoms with Gasteiger partial charge in [-0.15, -0.1) is 0 Å². The second kappa shape index (κ2) is 7.41. The summed E-state index contributed by atoms with van der Waals surface area (Å²) in [6.07, 6.45) is 2.88. The number of carbonyl (C=O) groups excluding carboxylic acids is 1. The summed E-state index contributed by atoms with van der Waals surface area (Å²) in [5.41, 5.74) is 0.844. The number of sulfonamides is 1. The molecule has 3 rings (SSSR count). The monoisotopic (exact) mass is 368 g/mol. The summed E-state index contributed by atoms with van der Waals surface area (Å²) < 4.78 is 38.9. The number of hydrogen-bond acceptors (Lipinski definition) is 3. The zero-order valence-electron chi connectivity index (χ0n) is 14.5. The van der Waals surface area contributed by atoms with Crippen molar-refractivity contribution in [3.05, 3.63) is 35.6 Å². The van der Waals surface area contributed by atoms with Crippen LogP contribution in [0.25, 0.3) is 0 Å². The van der Waals surface area contributed by atoms with Crippen molar-refractivity contribution >= 4 is 15.9 Å². The largest absolute Gasteiger partial charge is 0.335 e. The van der Waals surface area contributed by atoms with Gasteiger partial charge in [-0.05, 0) is 50.3 Å². The van der Waals surface area contributed by atoms with Crippen molar-refractivity contribution in [2.24, 2.45) is 5.92 Å². The fraction of sp³-hybridized carbons (Fsp3) is 0.611. The van der Waals surface area contributed by atoms with Crippen molar-refractivity contribution in [3.63, 3.8) is 0 Å². The summed E-state index contributed by atoms with van der Waals surface area (Å²) in [4.78, 5) is 14.8. The summed E-state index contributed by atoms with van der Waals surface area (Å²) in [7, 11) is -3.18. The van der Waals surface area contributed by atoms with Crippen molar-refractivity contribution in [1.82, 2.24) is 9.21 Å². The van der Waals surface area contributed by atoms with Crippen molar-refractivity contribution < 1.29 is 17.6 Å². The van der Waals surface area contributed by atoms with Crippen LogP contribution in [0.15, 0.2) is 24.3 Å². The van der Waals surface area contributed by atoms with E-state index in [1.807, 2.05) is 11.0 Å². The lowest BCUT2D eigenvalue weighted by atomic mass is 9.95. The van der Waals surface area contributed by atoms with Crippen LogP contribution in [0.3, 0.4) is 0 Å². The maximum atomic E-state index is 13.5. The molecule has 0 spiro atoms. The second-order valence-electron chi connectivity index (χ2n) is 6.82. The summed E-state index contributed by atoms with van der Waals surface area (Å²) in [6, 6.07) is 6.40. The zero-order valence-corrected chi connectivity index (χ0v) is 15.3. The maximum Gasteiger partial charge on any atom is 0.226 e. The molecule has 0 radical (unpaired) electrons. The molecular weight excluding hydrogens is 343 g/mol. The third-order valence-corrected chi connectivity index (χ3v) is 7.21. The minimum Gasteiger partial charge on any atom is -0.335 e. The van der Waals surface area contributed by atoms with Crippen LogP contribution in [0.4, 0.5) is 4.39 Å². The van der Waals surface area contributed by atoms with Crippen molar-refractivity contribution in [2.75, 3.05) is 25.4 Å². The van der Waals surface area contributed by atoms with Crippen LogP contribution in [0.1, 0.15) is 44.2 Å². The Morgan fingerprint density at radius 1 is 1.20 bits per heavy atom. The number of amides is 1. The Morgan fingerprint density at radius 2 is 1.92 bits per heavy atom. The van der Waals surface area contributed by atoms with Crippen LogP contribution in [0, 0.1) is 11.7 Å². The quantitative estimate of drug-likeness (QED) is 0.821. The lowest BCUT2D eigenvalue weighted by Crippen LogP contribution is -2.44. The van der Waals surface area contributed by atoms with Crippen molar-refractivity contribution in [3.8, 4) is 0 Å². The fourth-order valence-corrected chi connectivity index (χ4v) is 5.02. The van der Waals surface area contributed by atoms with Gasteiger partial charge in [-0.1, -0.05) is 12.1 Å². The Bertz CT molecular complexity index is 730. The molecule has 0 aromatic heterocycles. The molecule has 7 heteroatoms. The van der Waals surface area contributed by atoms with Crippen LogP contribution in [0.5, 0.6) is 0 Å². The Labute approximate surface area is 148 Å². The van der Waals surface area contributed by atoms with Gasteiger partial charge >= 0.3 is 0 Å². The van der Waals surface area contributed by atoms with E-state index in [4.69, 9.17) is 0 Å². The number of halogens is 1. The third-order valence-electron chi connectivity index (χ3n) is 5.33. The van der Waals surface area contributed by atoms with E-state index in [2.05, 4.69) is 0 Å². The van der Waals surface area contributed by atoms with E-state index in [1.54, 1.807) is 13.0 Å². The van der Waals surface area contributed by atoms with Gasteiger partial charge in [0.15, 0.2) is 0 Å². The molecule has 2 saturated heterocycles. The van der Waals surface area contributed by atoms with E-state index in [-0.39, 0.29) is 29.4 Å². The van der Waals surface area contributed by atoms with E-state index < -0.39 is 10.0 Å². The van der Waals surface area contributed by atoms with Gasteiger partial charge in [-0.3, -0.25) is 4.79 Å². The van der Waals surface area contributed by atoms with Gasteiger partial charge in [0.1, 0.15) is 5.82 Å². The molecule has 1 amide bonds. The van der Waals surface area contributed by atoms with Gasteiger partial charge in [0.2, 0.25) is 15.9 Å². The molecule has 25 heavy (non-hydrogen) atoms. The average Bonchev–Trinajstić information content (AvgIpc) is 3.11. The number of likely N-dealkylation sites (tertiary alicyclic amines) is 1. The molecular formula is C18H25FN2O3S. The highest BCUT2D eigenvalue weighted by Gasteiger charge is 2.37. The number of benzene rings is 1. The average molecular weight is 368 g/mol. The molecule has 138 valence electrons. The summed E-state index contributed by atoms with van der Waals surface area (Å²) in [6.45, 7) is 3.14. The predicted octanol–water partition coefficient (Wildman–Crippen LogP) is 2.55. The van der Waals surface area contributed by atoms with Crippen LogP contribution in [-0.2, 0) is 14.8 Å². The molecule has 2 fully saturated rings. The molecule has 5 nitrogen and oxygen atoms in total. The number of hydrogen-bond donors (Lipinski definition) is 0. The molecule has 0 saturated carbocycles. The molecule has 1 atom stereocenters. The van der Waals surface area contributed by atoms with E-state index in [0.717, 1.165) is 18.4 Å². The molecule has 1 aromatic carbocycles. The zero-order chi connectivity index (χ0) is 18.0. The smallest absolute Gasteiger partial charge is 0.226 e. The maximum absolute atomic E-state index is 13.5. The molecule has 0 N–H and O–H groups in total. The van der Waals surface area contributed by atoms with E-state index in [9.17, 15) is 17.6 Å². The number of nitrogens with zero attached hydrogens (tertiary/aromatic N) is 2. The Kier molecular flexibility index (Phi) is 5.43. The lowest BCUT2D eigenvalue weighted by Gasteiger charge is -2.34. The van der Waals surface area contributed by atoms with Crippen molar-refractivity contribution in [2.45, 2.75) is 38.6 Å². The normalized spacial score (nSPS) is 23.1. The summed E-state index contributed by atoms with van der Waals surface area (Å²) in [5.74, 6) is -0.244. The lowest BCUT2D eigenvalue weighted by molar-refractivity contribution is -0.137. The van der Waals surface area contributed by atoms with Gasteiger partial charge in [-0.2, -0.15) is 0 Å². The molecule has 0 aliphatic carbocycles. The predicted molar refractivity (Wildman–Crippen MR) is 93.8 cm³/mol. The highest BCUT2D eigenvalue weighted by Crippen LogP contribution is 2.35. The minimum absolute atomic E-state index is 0.0689. The molecule has 0 bridgehead atoms. The summed E-state index contributed by atoms with van der Waals surface area (Å²) >= 11 is 0. The fourth-order valence-electron chi connectivity index (χ4n) is 3.89. The van der Waals surface area contributed by atoms with Gasteiger partial charge in [-0.25, -0.2) is 17.1 Å². The van der Waals surface area contributed by atoms with Crippen LogP contribution in [0.2, 0.25) is 0 Å². The first-order valence-electron chi connectivity index (χ1n) is 8.96. The SMILES string of the molecule is CCS(=O)(=O)N1CCC(C(=O)N2CCC[C@H]2c2cccc(F)c2)CC1. The highest BCUT2D eigenvalue weighted by molar-refractivity contribution is 7.89. The highest BCUT2D eigenvalue weighted by atomic mass is 32.2. The first-order chi connectivity index (χ1) is 11.9. The first kappa shape index (κ1) is 18.3. The van der Waals surface area contributed by atoms with E-state index in [1.165, 1.54) is 16.4 Å². The molecule has 2 aliphatic rings. The number of carbonyl (C=O) groups is 1. The minimum atomic E-state index is -3.18. The van der Waals surface area contributed by atoms with Crippen molar-refractivity contribution in [1.29, 1.82) is 0 Å². The van der Waals surface area contributed by atoms with Gasteiger partial charge in [0.25, 0.3) is 0 Å². The first-order valence-corrected chi connectivity index (χ1v) is 10.6. The number of piperidine rings is 1. The molecule has 2 heterocycles. The van der Waals surface area contributed by atoms with Gasteiger partial charge in [0, 0.05) is 25.6 Å². The van der Waals surface area contributed by atoms with E-state index in [0.29, 0.717) is 32.5 Å². The second-order valence-corrected chi connectivity index (χ2v) is 9.08.